The summed E-state index contributed by atoms with van der Waals surface area (Å²) in [7, 11) is 0. The number of nitrogens with one attached hydrogen (secondary N) is 1. The molecule has 1 N–H and O–H groups in total. The molecule has 0 radical (unpaired) electrons. The molecule has 0 aliphatic carbocycles. The number of rotatable bonds is 6. The molecule has 1 aromatic carbocycles. The first-order valence-electron chi connectivity index (χ1n) is 6.47. The van der Waals surface area contributed by atoms with Crippen LogP contribution in [0.25, 0.3) is 0 Å². The van der Waals surface area contributed by atoms with Crippen molar-refractivity contribution in [1.82, 2.24) is 5.32 Å². The Bertz CT molecular complexity index is 347. The summed E-state index contributed by atoms with van der Waals surface area (Å²) < 4.78 is 1.20. The predicted octanol–water partition coefficient (Wildman–Crippen LogP) is 4.67. The fraction of sp³-hybridized carbons (Fsp3) is 0.600. The Morgan fingerprint density at radius 2 is 1.88 bits per heavy atom. The zero-order valence-corrected chi connectivity index (χ0v) is 13.0. The molecule has 0 amide bonds. The van der Waals surface area contributed by atoms with Crippen molar-refractivity contribution in [1.29, 1.82) is 0 Å². The summed E-state index contributed by atoms with van der Waals surface area (Å²) in [6.07, 6.45) is 2.55. The van der Waals surface area contributed by atoms with E-state index in [-0.39, 0.29) is 0 Å². The van der Waals surface area contributed by atoms with E-state index in [1.807, 2.05) is 0 Å². The highest BCUT2D eigenvalue weighted by atomic mass is 79.9. The molecule has 1 rings (SSSR count). The fourth-order valence-electron chi connectivity index (χ4n) is 1.72. The maximum Gasteiger partial charge on any atom is 0.0208 e. The smallest absolute Gasteiger partial charge is 0.0208 e. The lowest BCUT2D eigenvalue weighted by Crippen LogP contribution is -2.25. The Morgan fingerprint density at radius 3 is 2.47 bits per heavy atom. The number of benzene rings is 1. The molecule has 96 valence electrons. The van der Waals surface area contributed by atoms with Crippen LogP contribution in [0.4, 0.5) is 0 Å². The lowest BCUT2D eigenvalue weighted by Gasteiger charge is -2.15. The summed E-state index contributed by atoms with van der Waals surface area (Å²) in [4.78, 5) is 0. The van der Waals surface area contributed by atoms with Crippen molar-refractivity contribution < 1.29 is 0 Å². The molecule has 1 atom stereocenters. The fourth-order valence-corrected chi connectivity index (χ4v) is 2.15. The third-order valence-corrected chi connectivity index (χ3v) is 3.92. The van der Waals surface area contributed by atoms with Crippen LogP contribution in [0.1, 0.15) is 44.7 Å². The van der Waals surface area contributed by atoms with Crippen molar-refractivity contribution in [3.05, 3.63) is 33.8 Å². The largest absolute Gasteiger partial charge is 0.310 e. The van der Waals surface area contributed by atoms with Crippen LogP contribution in [0.15, 0.2) is 22.7 Å². The maximum atomic E-state index is 3.58. The van der Waals surface area contributed by atoms with Crippen molar-refractivity contribution in [2.45, 2.75) is 53.1 Å². The number of hydrogen-bond donors (Lipinski definition) is 1. The van der Waals surface area contributed by atoms with Gasteiger partial charge < -0.3 is 5.32 Å². The van der Waals surface area contributed by atoms with Gasteiger partial charge in [-0.05, 0) is 49.8 Å². The van der Waals surface area contributed by atoms with Crippen molar-refractivity contribution >= 4 is 15.9 Å². The minimum atomic E-state index is 0.595. The van der Waals surface area contributed by atoms with Gasteiger partial charge in [-0.2, -0.15) is 0 Å². The Hall–Kier alpha value is -0.340. The van der Waals surface area contributed by atoms with Gasteiger partial charge in [0, 0.05) is 17.1 Å². The summed E-state index contributed by atoms with van der Waals surface area (Å²) in [5, 5.41) is 3.58. The van der Waals surface area contributed by atoms with Crippen molar-refractivity contribution in [2.75, 3.05) is 0 Å². The molecule has 1 unspecified atom stereocenters. The van der Waals surface area contributed by atoms with Crippen LogP contribution in [0, 0.1) is 12.8 Å². The second-order valence-electron chi connectivity index (χ2n) is 5.34. The molecule has 0 spiro atoms. The van der Waals surface area contributed by atoms with Gasteiger partial charge >= 0.3 is 0 Å². The van der Waals surface area contributed by atoms with Crippen LogP contribution >= 0.6 is 15.9 Å². The number of aryl methyl sites for hydroxylation is 1. The molecule has 17 heavy (non-hydrogen) atoms. The van der Waals surface area contributed by atoms with E-state index in [1.54, 1.807) is 0 Å². The van der Waals surface area contributed by atoms with E-state index in [0.29, 0.717) is 6.04 Å². The van der Waals surface area contributed by atoms with E-state index in [2.05, 4.69) is 67.1 Å². The van der Waals surface area contributed by atoms with Gasteiger partial charge in [-0.3, -0.25) is 0 Å². The summed E-state index contributed by atoms with van der Waals surface area (Å²) in [6.45, 7) is 9.91. The lowest BCUT2D eigenvalue weighted by atomic mass is 10.0. The van der Waals surface area contributed by atoms with Gasteiger partial charge in [0.15, 0.2) is 0 Å². The van der Waals surface area contributed by atoms with Gasteiger partial charge in [-0.25, -0.2) is 0 Å². The molecule has 0 heterocycles. The first-order valence-corrected chi connectivity index (χ1v) is 7.26. The van der Waals surface area contributed by atoms with Crippen molar-refractivity contribution in [3.63, 3.8) is 0 Å². The van der Waals surface area contributed by atoms with E-state index in [9.17, 15) is 0 Å². The predicted molar refractivity (Wildman–Crippen MR) is 79.3 cm³/mol. The van der Waals surface area contributed by atoms with Crippen molar-refractivity contribution in [3.8, 4) is 0 Å². The second-order valence-corrected chi connectivity index (χ2v) is 6.19. The highest BCUT2D eigenvalue weighted by molar-refractivity contribution is 9.10. The van der Waals surface area contributed by atoms with Gasteiger partial charge in [-0.15, -0.1) is 0 Å². The molecule has 0 fully saturated rings. The first-order chi connectivity index (χ1) is 7.99. The van der Waals surface area contributed by atoms with E-state index < -0.39 is 0 Å². The molecule has 2 heteroatoms. The van der Waals surface area contributed by atoms with Gasteiger partial charge in [0.2, 0.25) is 0 Å². The van der Waals surface area contributed by atoms with Gasteiger partial charge in [0.25, 0.3) is 0 Å². The average Bonchev–Trinajstić information content (AvgIpc) is 2.28. The molecule has 0 saturated heterocycles. The highest BCUT2D eigenvalue weighted by Crippen LogP contribution is 2.17. The maximum absolute atomic E-state index is 3.58. The van der Waals surface area contributed by atoms with Crippen LogP contribution in [0.5, 0.6) is 0 Å². The van der Waals surface area contributed by atoms with E-state index in [1.165, 1.54) is 28.4 Å². The zero-order chi connectivity index (χ0) is 12.8. The minimum absolute atomic E-state index is 0.595. The third-order valence-electron chi connectivity index (χ3n) is 3.07. The summed E-state index contributed by atoms with van der Waals surface area (Å²) in [5.74, 6) is 0.799. The number of halogens is 1. The standard InChI is InChI=1S/C15H24BrN/c1-11(2)5-7-13(4)17-10-14-8-6-12(3)15(16)9-14/h6,8-9,11,13,17H,5,7,10H2,1-4H3. The Balaban J connectivity index is 2.36. The molecule has 1 aromatic rings. The second kappa shape index (κ2) is 7.17. The molecule has 0 saturated carbocycles. The Morgan fingerprint density at radius 1 is 1.18 bits per heavy atom. The van der Waals surface area contributed by atoms with Crippen LogP contribution in [0.3, 0.4) is 0 Å². The SMILES string of the molecule is Cc1ccc(CNC(C)CCC(C)C)cc1Br. The van der Waals surface area contributed by atoms with Crippen LogP contribution in [0.2, 0.25) is 0 Å². The monoisotopic (exact) mass is 297 g/mol. The topological polar surface area (TPSA) is 12.0 Å². The Labute approximate surface area is 114 Å². The highest BCUT2D eigenvalue weighted by Gasteiger charge is 2.04. The molecular formula is C15H24BrN. The molecular weight excluding hydrogens is 274 g/mol. The van der Waals surface area contributed by atoms with Crippen molar-refractivity contribution in [2.24, 2.45) is 5.92 Å². The zero-order valence-electron chi connectivity index (χ0n) is 11.4. The van der Waals surface area contributed by atoms with Crippen LogP contribution in [-0.4, -0.2) is 6.04 Å². The summed E-state index contributed by atoms with van der Waals surface area (Å²) >= 11 is 3.58. The normalized spacial score (nSPS) is 13.1. The van der Waals surface area contributed by atoms with Gasteiger partial charge in [-0.1, -0.05) is 41.9 Å². The van der Waals surface area contributed by atoms with Gasteiger partial charge in [0.1, 0.15) is 0 Å². The lowest BCUT2D eigenvalue weighted by molar-refractivity contribution is 0.450. The first kappa shape index (κ1) is 14.7. The van der Waals surface area contributed by atoms with Crippen LogP contribution in [-0.2, 0) is 6.54 Å². The molecule has 0 aliphatic rings. The molecule has 0 aromatic heterocycles. The minimum Gasteiger partial charge on any atom is -0.310 e. The van der Waals surface area contributed by atoms with E-state index >= 15 is 0 Å². The summed E-state index contributed by atoms with van der Waals surface area (Å²) in [5.41, 5.74) is 2.64. The average molecular weight is 298 g/mol. The third kappa shape index (κ3) is 5.69. The van der Waals surface area contributed by atoms with Gasteiger partial charge in [0.05, 0.1) is 0 Å². The molecule has 0 bridgehead atoms. The van der Waals surface area contributed by atoms with Crippen LogP contribution < -0.4 is 5.32 Å². The van der Waals surface area contributed by atoms with E-state index in [4.69, 9.17) is 0 Å². The molecule has 1 nitrogen and oxygen atoms in total. The Kier molecular flexibility index (Phi) is 6.21. The number of hydrogen-bond acceptors (Lipinski definition) is 1. The quantitative estimate of drug-likeness (QED) is 0.804. The van der Waals surface area contributed by atoms with E-state index in [0.717, 1.165) is 12.5 Å². The summed E-state index contributed by atoms with van der Waals surface area (Å²) in [6, 6.07) is 7.16. The molecule has 0 aliphatic heterocycles.